The fraction of sp³-hybridized carbons (Fsp3) is 0.650. The lowest BCUT2D eigenvalue weighted by Crippen LogP contribution is -2.59. The summed E-state index contributed by atoms with van der Waals surface area (Å²) in [6.07, 6.45) is 9.45. The topological polar surface area (TPSA) is 195 Å². The summed E-state index contributed by atoms with van der Waals surface area (Å²) in [7, 11) is -3.88. The lowest BCUT2D eigenvalue weighted by Gasteiger charge is -2.32. The molecule has 5 unspecified atom stereocenters. The summed E-state index contributed by atoms with van der Waals surface area (Å²) in [6.45, 7) is 5.77. The number of aryl methyl sites for hydroxylation is 1. The van der Waals surface area contributed by atoms with Gasteiger partial charge in [0.05, 0.1) is 22.7 Å². The number of amides is 4. The van der Waals surface area contributed by atoms with Crippen LogP contribution in [0.3, 0.4) is 0 Å². The summed E-state index contributed by atoms with van der Waals surface area (Å²) in [5, 5.41) is 5.59. The zero-order valence-electron chi connectivity index (χ0n) is 32.3. The van der Waals surface area contributed by atoms with Crippen LogP contribution in [0.15, 0.2) is 35.1 Å². The Kier molecular flexibility index (Phi) is 9.93. The van der Waals surface area contributed by atoms with Crippen LogP contribution in [0.5, 0.6) is 6.01 Å². The van der Waals surface area contributed by atoms with Crippen LogP contribution in [-0.4, -0.2) is 87.8 Å². The Balaban J connectivity index is 1.15. The van der Waals surface area contributed by atoms with Crippen LogP contribution < -0.4 is 25.7 Å². The molecule has 0 radical (unpaired) electrons. The van der Waals surface area contributed by atoms with Crippen molar-refractivity contribution in [3.05, 3.63) is 46.3 Å². The summed E-state index contributed by atoms with van der Waals surface area (Å²) in [5.41, 5.74) is -1.05. The molecule has 16 heteroatoms. The summed E-state index contributed by atoms with van der Waals surface area (Å²) in [5.74, 6) is -2.24. The van der Waals surface area contributed by atoms with E-state index in [1.165, 1.54) is 9.47 Å². The van der Waals surface area contributed by atoms with Crippen molar-refractivity contribution in [1.29, 1.82) is 0 Å². The molecule has 2 bridgehead atoms. The molecule has 2 aromatic rings. The minimum atomic E-state index is -3.88. The third kappa shape index (κ3) is 7.40. The number of aromatic nitrogens is 2. The molecule has 1 saturated heterocycles. The van der Waals surface area contributed by atoms with Crippen LogP contribution in [0, 0.1) is 24.7 Å². The predicted molar refractivity (Wildman–Crippen MR) is 205 cm³/mol. The van der Waals surface area contributed by atoms with Gasteiger partial charge in [0.15, 0.2) is 0 Å². The molecule has 302 valence electrons. The summed E-state index contributed by atoms with van der Waals surface area (Å²) in [6, 6.07) is 3.33. The van der Waals surface area contributed by atoms with E-state index in [0.29, 0.717) is 55.8 Å². The first-order valence-electron chi connectivity index (χ1n) is 20.2. The highest BCUT2D eigenvalue weighted by Gasteiger charge is 2.62. The number of hydrogen-bond donors (Lipinski definition) is 3. The highest BCUT2D eigenvalue weighted by molar-refractivity contribution is 7.91. The van der Waals surface area contributed by atoms with Crippen molar-refractivity contribution in [3.63, 3.8) is 0 Å². The number of alkyl carbamates (subject to hydrolysis) is 1. The molecular formula is C40H52N6O9S. The lowest BCUT2D eigenvalue weighted by atomic mass is 9.96. The van der Waals surface area contributed by atoms with E-state index < -0.39 is 68.4 Å². The molecule has 7 atom stereocenters. The SMILES string of the molecule is CC[C@@H]1C[C@]1(NC(=O)C1CC2CN1C(=O)C(C1CCCC1)NC(=O)OC1(C)CC1CCC=CCn1c(nc3cc(C)ccc3c1=O)O2)C(=O)NS(=O)(=O)C1CC1. The van der Waals surface area contributed by atoms with Gasteiger partial charge in [0.1, 0.15) is 29.3 Å². The highest BCUT2D eigenvalue weighted by atomic mass is 32.2. The predicted octanol–water partition coefficient (Wildman–Crippen LogP) is 3.36. The van der Waals surface area contributed by atoms with E-state index >= 15 is 0 Å². The van der Waals surface area contributed by atoms with Crippen LogP contribution in [0.1, 0.15) is 96.5 Å². The second kappa shape index (κ2) is 14.5. The van der Waals surface area contributed by atoms with E-state index in [1.54, 1.807) is 12.1 Å². The van der Waals surface area contributed by atoms with Crippen LogP contribution in [0.25, 0.3) is 10.9 Å². The largest absolute Gasteiger partial charge is 0.459 e. The van der Waals surface area contributed by atoms with Crippen molar-refractivity contribution in [2.75, 3.05) is 6.54 Å². The quantitative estimate of drug-likeness (QED) is 0.350. The number of allylic oxidation sites excluding steroid dienone is 2. The van der Waals surface area contributed by atoms with Crippen molar-refractivity contribution in [2.45, 2.75) is 139 Å². The van der Waals surface area contributed by atoms with E-state index in [1.807, 2.05) is 39.0 Å². The van der Waals surface area contributed by atoms with Crippen LogP contribution in [0.2, 0.25) is 0 Å². The molecule has 56 heavy (non-hydrogen) atoms. The Morgan fingerprint density at radius 1 is 1.05 bits per heavy atom. The van der Waals surface area contributed by atoms with E-state index in [0.717, 1.165) is 24.8 Å². The van der Waals surface area contributed by atoms with Crippen molar-refractivity contribution in [1.82, 2.24) is 29.8 Å². The Hall–Kier alpha value is -4.47. The first kappa shape index (κ1) is 38.4. The van der Waals surface area contributed by atoms with Crippen molar-refractivity contribution in [3.8, 4) is 6.01 Å². The molecule has 1 aromatic carbocycles. The van der Waals surface area contributed by atoms with Gasteiger partial charge < -0.3 is 25.0 Å². The van der Waals surface area contributed by atoms with Crippen LogP contribution in [0.4, 0.5) is 4.79 Å². The minimum absolute atomic E-state index is 0.00835. The molecule has 1 aromatic heterocycles. The van der Waals surface area contributed by atoms with Gasteiger partial charge in [-0.3, -0.25) is 28.5 Å². The fourth-order valence-electron chi connectivity index (χ4n) is 9.16. The molecule has 8 rings (SSSR count). The van der Waals surface area contributed by atoms with Crippen LogP contribution in [-0.2, 0) is 35.7 Å². The maximum absolute atomic E-state index is 14.8. The molecule has 4 saturated carbocycles. The second-order valence-corrected chi connectivity index (χ2v) is 19.0. The molecule has 4 amide bonds. The van der Waals surface area contributed by atoms with Gasteiger partial charge in [-0.25, -0.2) is 13.2 Å². The van der Waals surface area contributed by atoms with Crippen LogP contribution >= 0.6 is 0 Å². The number of rotatable bonds is 7. The van der Waals surface area contributed by atoms with E-state index in [2.05, 4.69) is 15.4 Å². The average molecular weight is 793 g/mol. The smallest absolute Gasteiger partial charge is 0.408 e. The van der Waals surface area contributed by atoms with E-state index in [-0.39, 0.29) is 55.3 Å². The summed E-state index contributed by atoms with van der Waals surface area (Å²) < 4.78 is 41.7. The average Bonchev–Trinajstić information content (AvgIpc) is 4.10. The molecule has 0 spiro atoms. The van der Waals surface area contributed by atoms with Gasteiger partial charge >= 0.3 is 6.09 Å². The molecule has 5 fully saturated rings. The number of sulfonamides is 1. The zero-order chi connectivity index (χ0) is 39.6. The zero-order valence-corrected chi connectivity index (χ0v) is 33.1. The maximum atomic E-state index is 14.8. The lowest BCUT2D eigenvalue weighted by molar-refractivity contribution is -0.142. The monoisotopic (exact) mass is 792 g/mol. The van der Waals surface area contributed by atoms with Gasteiger partial charge in [0.2, 0.25) is 21.8 Å². The summed E-state index contributed by atoms with van der Waals surface area (Å²) in [4.78, 5) is 76.6. The van der Waals surface area contributed by atoms with E-state index in [4.69, 9.17) is 14.5 Å². The number of carbonyl (C=O) groups excluding carboxylic acids is 4. The van der Waals surface area contributed by atoms with Gasteiger partial charge in [0, 0.05) is 18.9 Å². The normalized spacial score (nSPS) is 32.3. The Morgan fingerprint density at radius 3 is 2.54 bits per heavy atom. The number of nitrogens with one attached hydrogen (secondary N) is 3. The van der Waals surface area contributed by atoms with Crippen molar-refractivity contribution < 1.29 is 37.1 Å². The number of ether oxygens (including phenoxy) is 2. The number of benzene rings is 1. The first-order valence-corrected chi connectivity index (χ1v) is 21.8. The molecule has 3 N–H and O–H groups in total. The Morgan fingerprint density at radius 2 is 1.82 bits per heavy atom. The highest BCUT2D eigenvalue weighted by Crippen LogP contribution is 2.50. The van der Waals surface area contributed by atoms with Crippen molar-refractivity contribution >= 4 is 44.7 Å². The molecule has 2 aliphatic heterocycles. The van der Waals surface area contributed by atoms with Gasteiger partial charge in [-0.2, -0.15) is 4.98 Å². The van der Waals surface area contributed by atoms with Crippen molar-refractivity contribution in [2.24, 2.45) is 17.8 Å². The second-order valence-electron chi connectivity index (χ2n) is 17.1. The minimum Gasteiger partial charge on any atom is -0.459 e. The first-order chi connectivity index (χ1) is 26.7. The molecule has 15 nitrogen and oxygen atoms in total. The third-order valence-corrected chi connectivity index (χ3v) is 14.8. The van der Waals surface area contributed by atoms with Gasteiger partial charge in [-0.1, -0.05) is 44.4 Å². The molecule has 4 aliphatic carbocycles. The Bertz CT molecular complexity index is 2150. The van der Waals surface area contributed by atoms with Gasteiger partial charge in [-0.05, 0) is 94.7 Å². The standard InChI is InChI=1S/C40H52N6O9S/c1-4-25-21-40(25,36(50)44-56(52,53)28-14-15-28)43-33(47)31-19-27-22-46(31)35(49)32(24-10-7-8-11-24)42-38(51)55-39(3)20-26(39)12-6-5-9-17-45-34(48)29-16-13-23(2)18-30(29)41-37(45)54-27/h5,9,13,16,18,24-28,31-32H,4,6-8,10-12,14-15,17,19-22H2,1-3H3,(H,42,51)(H,43,47)(H,44,50)/t25-,26?,27?,31?,32?,39?,40-/m1/s1. The van der Waals surface area contributed by atoms with Gasteiger partial charge in [0.25, 0.3) is 17.5 Å². The number of hydrogen-bond acceptors (Lipinski definition) is 10. The van der Waals surface area contributed by atoms with Gasteiger partial charge in [-0.15, -0.1) is 0 Å². The number of fused-ring (bicyclic) bond motifs is 5. The molecular weight excluding hydrogens is 741 g/mol. The van der Waals surface area contributed by atoms with E-state index in [9.17, 15) is 32.4 Å². The summed E-state index contributed by atoms with van der Waals surface area (Å²) >= 11 is 0. The number of nitrogens with zero attached hydrogens (tertiary/aromatic N) is 3. The number of carbonyl (C=O) groups is 4. The molecule has 3 heterocycles. The fourth-order valence-corrected chi connectivity index (χ4v) is 10.5. The Labute approximate surface area is 326 Å². The molecule has 6 aliphatic rings. The third-order valence-electron chi connectivity index (χ3n) is 13.0. The maximum Gasteiger partial charge on any atom is 0.408 e.